The van der Waals surface area contributed by atoms with E-state index in [9.17, 15) is 9.59 Å². The lowest BCUT2D eigenvalue weighted by molar-refractivity contribution is -0.157. The fourth-order valence-corrected chi connectivity index (χ4v) is 12.4. The average molecular weight is 1050 g/mol. The van der Waals surface area contributed by atoms with Crippen molar-refractivity contribution in [3.8, 4) is 22.5 Å². The molecule has 6 bridgehead atoms. The third-order valence-electron chi connectivity index (χ3n) is 16.1. The zero-order valence-electron chi connectivity index (χ0n) is 44.5. The largest absolute Gasteiger partial charge is 0.464 e. The number of hydrazine groups is 1. The second-order valence-corrected chi connectivity index (χ2v) is 22.9. The summed E-state index contributed by atoms with van der Waals surface area (Å²) in [6.45, 7) is 17.2. The number of hydrogen-bond donors (Lipinski definition) is 2. The molecule has 5 aliphatic rings. The van der Waals surface area contributed by atoms with Crippen LogP contribution in [0.15, 0.2) is 60.5 Å². The van der Waals surface area contributed by atoms with Crippen molar-refractivity contribution in [3.05, 3.63) is 82.5 Å². The normalized spacial score (nSPS) is 25.9. The van der Waals surface area contributed by atoms with Gasteiger partial charge in [0.25, 0.3) is 5.91 Å². The monoisotopic (exact) mass is 1050 g/mol. The highest BCUT2D eigenvalue weighted by molar-refractivity contribution is 7.10. The zero-order chi connectivity index (χ0) is 52.4. The van der Waals surface area contributed by atoms with Crippen molar-refractivity contribution in [2.24, 2.45) is 17.3 Å². The van der Waals surface area contributed by atoms with Crippen LogP contribution in [0.1, 0.15) is 100 Å². The van der Waals surface area contributed by atoms with Gasteiger partial charge in [0.1, 0.15) is 29.5 Å². The van der Waals surface area contributed by atoms with E-state index in [1.54, 1.807) is 13.3 Å². The number of ether oxygens (including phenoxy) is 5. The molecule has 1 aromatic carbocycles. The van der Waals surface area contributed by atoms with Gasteiger partial charge in [-0.1, -0.05) is 26.8 Å². The molecule has 0 radical (unpaired) electrons. The molecule has 4 fully saturated rings. The van der Waals surface area contributed by atoms with Gasteiger partial charge in [-0.2, -0.15) is 0 Å². The number of hydrogen-bond acceptors (Lipinski definition) is 16. The Morgan fingerprint density at radius 1 is 1.01 bits per heavy atom. The number of nitrogens with one attached hydrogen (secondary N) is 2. The quantitative estimate of drug-likeness (QED) is 0.117. The van der Waals surface area contributed by atoms with Gasteiger partial charge in [-0.05, 0) is 94.8 Å². The van der Waals surface area contributed by atoms with E-state index in [2.05, 4.69) is 87.2 Å². The van der Waals surface area contributed by atoms with Crippen LogP contribution in [0.2, 0.25) is 0 Å². The molecule has 10 rings (SSSR count). The first-order chi connectivity index (χ1) is 36.3. The van der Waals surface area contributed by atoms with Crippen LogP contribution in [0.5, 0.6) is 0 Å². The number of amides is 2. The van der Waals surface area contributed by atoms with E-state index in [1.807, 2.05) is 37.6 Å². The molecular formula is C56H74N10O8S. The highest BCUT2D eigenvalue weighted by Crippen LogP contribution is 2.53. The topological polar surface area (TPSA) is 188 Å². The summed E-state index contributed by atoms with van der Waals surface area (Å²) < 4.78 is 33.8. The number of nitrogens with zero attached hydrogens (tertiary/aromatic N) is 8. The molecule has 19 heteroatoms. The van der Waals surface area contributed by atoms with Crippen LogP contribution in [-0.2, 0) is 51.0 Å². The summed E-state index contributed by atoms with van der Waals surface area (Å²) in [7, 11) is 3.83. The van der Waals surface area contributed by atoms with Gasteiger partial charge in [0.05, 0.1) is 49.1 Å². The number of carbonyl (C=O) groups excluding carboxylic acids is 3. The van der Waals surface area contributed by atoms with Gasteiger partial charge < -0.3 is 38.5 Å². The molecule has 402 valence electrons. The first-order valence-corrected chi connectivity index (χ1v) is 27.8. The maximum Gasteiger partial charge on any atom is 0.324 e. The molecule has 0 unspecified atom stereocenters. The van der Waals surface area contributed by atoms with Crippen molar-refractivity contribution < 1.29 is 38.1 Å². The van der Waals surface area contributed by atoms with Crippen LogP contribution >= 0.6 is 11.3 Å². The third kappa shape index (κ3) is 11.7. The Balaban J connectivity index is 1.09. The summed E-state index contributed by atoms with van der Waals surface area (Å²) in [5.41, 5.74) is 9.96. The Morgan fingerprint density at radius 3 is 2.60 bits per heavy atom. The van der Waals surface area contributed by atoms with Gasteiger partial charge >= 0.3 is 5.97 Å². The summed E-state index contributed by atoms with van der Waals surface area (Å²) in [5.74, 6) is -1.71. The minimum absolute atomic E-state index is 0.00749. The van der Waals surface area contributed by atoms with Gasteiger partial charge in [0.15, 0.2) is 0 Å². The summed E-state index contributed by atoms with van der Waals surface area (Å²) >= 11 is 1.41. The standard InChI is InChI=1S/C56H74N10O8S/c1-34(64-22-20-63(6)21-23-64)30-73-51-49(61-52(67)47-35(2)46(47)42-14-18-57-33-59-42)54(68)66-19-9-11-43(62-66)55(69)74-32-56(4,5)29-41-40-28-37(44-31-75-53(51)60-44)12-13-45(40)65(24-27-72-38-15-25-71-26-16-38)50(41)39-10-8-17-58-48(39)36(3)70-7/h8,10,12-14,17-18,28,31,33-36,38,43,46-47,49,51,62H,9,11,15-16,19-27,29-30,32H2,1-7H3,(H,61,67)/t34-,35-,36-,43-,46-,47+,49-,51-/m0/s1. The van der Waals surface area contributed by atoms with Crippen LogP contribution in [0.3, 0.4) is 0 Å². The number of cyclic esters (lactones) is 1. The Morgan fingerprint density at radius 2 is 1.83 bits per heavy atom. The molecule has 8 atom stereocenters. The number of benzene rings is 1. The summed E-state index contributed by atoms with van der Waals surface area (Å²) in [6.07, 6.45) is 7.10. The number of pyridine rings is 1. The number of piperazine rings is 1. The molecule has 5 aromatic rings. The predicted octanol–water partition coefficient (Wildman–Crippen LogP) is 6.37. The maximum atomic E-state index is 15.4. The zero-order valence-corrected chi connectivity index (χ0v) is 45.4. The fraction of sp³-hybridized carbons (Fsp3) is 0.589. The van der Waals surface area contributed by atoms with Gasteiger partial charge in [-0.25, -0.2) is 20.4 Å². The summed E-state index contributed by atoms with van der Waals surface area (Å²) in [4.78, 5) is 67.9. The predicted molar refractivity (Wildman–Crippen MR) is 284 cm³/mol. The Hall–Kier alpha value is -5.25. The molecule has 75 heavy (non-hydrogen) atoms. The first kappa shape index (κ1) is 53.2. The van der Waals surface area contributed by atoms with E-state index >= 15 is 4.79 Å². The minimum Gasteiger partial charge on any atom is -0.464 e. The van der Waals surface area contributed by atoms with Crippen molar-refractivity contribution in [2.45, 2.75) is 116 Å². The molecule has 2 N–H and O–H groups in total. The minimum atomic E-state index is -1.20. The number of esters is 1. The SMILES string of the molecule is CO[C@@H](C)c1ncccc1-c1c2c3cc(ccc3n1CCOC1CCOCC1)-c1csc(n1)[C@@H](OC[C@H](C)N1CCN(C)CC1)[C@H](NC(=O)[C@@H]1[C@@H](C)[C@H]1c1ccncn1)C(=O)N1CCC[C@H](N1)C(=O)OCC(C)(C)C2. The van der Waals surface area contributed by atoms with Gasteiger partial charge in [0, 0.05) is 128 Å². The summed E-state index contributed by atoms with van der Waals surface area (Å²) in [6, 6.07) is 10.4. The number of carbonyl (C=O) groups is 3. The van der Waals surface area contributed by atoms with Crippen molar-refractivity contribution in [1.82, 2.24) is 50.1 Å². The Labute approximate surface area is 444 Å². The lowest BCUT2D eigenvalue weighted by atomic mass is 9.84. The molecule has 18 nitrogen and oxygen atoms in total. The lowest BCUT2D eigenvalue weighted by Gasteiger charge is -2.38. The third-order valence-corrected chi connectivity index (χ3v) is 17.0. The van der Waals surface area contributed by atoms with E-state index in [4.69, 9.17) is 33.7 Å². The van der Waals surface area contributed by atoms with Crippen LogP contribution in [0.4, 0.5) is 0 Å². The second-order valence-electron chi connectivity index (χ2n) is 22.0. The van der Waals surface area contributed by atoms with E-state index < -0.39 is 41.4 Å². The second kappa shape index (κ2) is 23.2. The molecule has 8 heterocycles. The molecule has 4 aromatic heterocycles. The van der Waals surface area contributed by atoms with E-state index in [1.165, 1.54) is 22.7 Å². The van der Waals surface area contributed by atoms with Crippen molar-refractivity contribution in [1.29, 1.82) is 0 Å². The molecule has 4 aliphatic heterocycles. The van der Waals surface area contributed by atoms with E-state index in [0.29, 0.717) is 57.2 Å². The summed E-state index contributed by atoms with van der Waals surface area (Å²) in [5, 5.41) is 8.30. The van der Waals surface area contributed by atoms with Gasteiger partial charge in [0.2, 0.25) is 5.91 Å². The van der Waals surface area contributed by atoms with E-state index in [0.717, 1.165) is 89.4 Å². The smallest absolute Gasteiger partial charge is 0.324 e. The fourth-order valence-electron chi connectivity index (χ4n) is 11.5. The number of likely N-dealkylation sites (N-methyl/N-ethyl adjacent to an activating group) is 1. The first-order valence-electron chi connectivity index (χ1n) is 26.9. The highest BCUT2D eigenvalue weighted by Gasteiger charge is 2.54. The van der Waals surface area contributed by atoms with Crippen molar-refractivity contribution >= 4 is 40.0 Å². The molecule has 3 saturated heterocycles. The number of fused-ring (bicyclic) bond motifs is 6. The number of aromatic nitrogens is 5. The van der Waals surface area contributed by atoms with Gasteiger partial charge in [-0.3, -0.25) is 29.3 Å². The van der Waals surface area contributed by atoms with Crippen LogP contribution in [0.25, 0.3) is 33.4 Å². The van der Waals surface area contributed by atoms with Crippen molar-refractivity contribution in [3.63, 3.8) is 0 Å². The highest BCUT2D eigenvalue weighted by atomic mass is 32.1. The number of methoxy groups -OCH3 is 1. The van der Waals surface area contributed by atoms with Crippen LogP contribution in [0, 0.1) is 17.3 Å². The molecule has 1 aliphatic carbocycles. The maximum absolute atomic E-state index is 15.4. The Bertz CT molecular complexity index is 2790. The number of rotatable bonds is 14. The molecule has 1 saturated carbocycles. The lowest BCUT2D eigenvalue weighted by Crippen LogP contribution is -2.61. The van der Waals surface area contributed by atoms with E-state index in [-0.39, 0.29) is 49.2 Å². The Kier molecular flexibility index (Phi) is 16.4. The average Bonchev–Trinajstić information content (AvgIpc) is 3.72. The van der Waals surface area contributed by atoms with Crippen molar-refractivity contribution in [2.75, 3.05) is 79.9 Å². The van der Waals surface area contributed by atoms with Crippen LogP contribution in [-0.4, -0.2) is 161 Å². The van der Waals surface area contributed by atoms with Crippen LogP contribution < -0.4 is 10.7 Å². The molecule has 0 spiro atoms. The van der Waals surface area contributed by atoms with Gasteiger partial charge in [-0.15, -0.1) is 11.3 Å². The molecule has 2 amide bonds. The molecular weight excluding hydrogens is 973 g/mol. The number of thiazole rings is 1.